The van der Waals surface area contributed by atoms with E-state index in [0.717, 1.165) is 5.56 Å². The maximum Gasteiger partial charge on any atom is 0.326 e. The van der Waals surface area contributed by atoms with E-state index in [-0.39, 0.29) is 6.42 Å². The Morgan fingerprint density at radius 3 is 2.44 bits per heavy atom. The number of hydrogen-bond acceptors (Lipinski definition) is 3. The second-order valence-electron chi connectivity index (χ2n) is 3.97. The first-order chi connectivity index (χ1) is 8.54. The van der Waals surface area contributed by atoms with Gasteiger partial charge in [0.05, 0.1) is 0 Å². The van der Waals surface area contributed by atoms with E-state index in [0.29, 0.717) is 0 Å². The Balaban J connectivity index is 2.67. The average molecular weight is 251 g/mol. The first-order valence-electron chi connectivity index (χ1n) is 5.64. The van der Waals surface area contributed by atoms with Crippen LogP contribution in [0.2, 0.25) is 0 Å². The van der Waals surface area contributed by atoms with Crippen molar-refractivity contribution in [2.45, 2.75) is 25.5 Å². The summed E-state index contributed by atoms with van der Waals surface area (Å²) in [5.74, 6) is -1.49. The summed E-state index contributed by atoms with van der Waals surface area (Å²) in [4.78, 5) is 22.7. The van der Waals surface area contributed by atoms with Gasteiger partial charge in [-0.2, -0.15) is 0 Å². The smallest absolute Gasteiger partial charge is 0.326 e. The number of carbonyl (C=O) groups is 2. The number of ether oxygens (including phenoxy) is 1. The molecule has 1 aromatic rings. The first-order valence-corrected chi connectivity index (χ1v) is 5.64. The van der Waals surface area contributed by atoms with Crippen molar-refractivity contribution in [3.63, 3.8) is 0 Å². The van der Waals surface area contributed by atoms with Gasteiger partial charge in [-0.15, -0.1) is 0 Å². The molecule has 1 amide bonds. The number of amides is 1. The molecule has 5 nitrogen and oxygen atoms in total. The van der Waals surface area contributed by atoms with E-state index in [1.165, 1.54) is 7.11 Å². The molecular formula is C13H17NO4. The van der Waals surface area contributed by atoms with E-state index >= 15 is 0 Å². The molecule has 2 atom stereocenters. The second kappa shape index (κ2) is 6.76. The molecule has 2 N–H and O–H groups in total. The molecule has 0 heterocycles. The molecule has 5 heteroatoms. The maximum atomic E-state index is 11.6. The quantitative estimate of drug-likeness (QED) is 0.785. The highest BCUT2D eigenvalue weighted by atomic mass is 16.5. The number of carboxylic acid groups (broad SMARTS) is 1. The lowest BCUT2D eigenvalue weighted by molar-refractivity contribution is -0.143. The Hall–Kier alpha value is -1.88. The molecule has 1 rings (SSSR count). The normalized spacial score (nSPS) is 13.7. The summed E-state index contributed by atoms with van der Waals surface area (Å²) < 4.78 is 4.84. The molecule has 0 spiro atoms. The molecule has 0 aromatic heterocycles. The number of nitrogens with one attached hydrogen (secondary N) is 1. The summed E-state index contributed by atoms with van der Waals surface area (Å²) in [7, 11) is 1.40. The number of hydrogen-bond donors (Lipinski definition) is 2. The molecule has 0 aliphatic rings. The Bertz CT molecular complexity index is 405. The van der Waals surface area contributed by atoms with Gasteiger partial charge in [-0.25, -0.2) is 4.79 Å². The van der Waals surface area contributed by atoms with Crippen molar-refractivity contribution in [3.8, 4) is 0 Å². The molecule has 0 saturated heterocycles. The summed E-state index contributed by atoms with van der Waals surface area (Å²) in [6.45, 7) is 1.57. The zero-order valence-corrected chi connectivity index (χ0v) is 10.4. The van der Waals surface area contributed by atoms with Crippen LogP contribution in [0.1, 0.15) is 12.5 Å². The number of rotatable bonds is 6. The third-order valence-electron chi connectivity index (χ3n) is 2.62. The van der Waals surface area contributed by atoms with Crippen molar-refractivity contribution >= 4 is 11.9 Å². The summed E-state index contributed by atoms with van der Waals surface area (Å²) in [6.07, 6.45) is -0.416. The molecule has 1 unspecified atom stereocenters. The van der Waals surface area contributed by atoms with Crippen LogP contribution in [0.4, 0.5) is 0 Å². The standard InChI is InChI=1S/C13H17NO4/c1-9(18-2)12(15)14-11(13(16)17)8-10-6-4-3-5-7-10/h3-7,9,11H,8H2,1-2H3,(H,14,15)(H,16,17)/t9?,11-/m0/s1. The van der Waals surface area contributed by atoms with Crippen molar-refractivity contribution in [2.75, 3.05) is 7.11 Å². The van der Waals surface area contributed by atoms with Gasteiger partial charge in [-0.05, 0) is 12.5 Å². The van der Waals surface area contributed by atoms with Gasteiger partial charge in [0.1, 0.15) is 12.1 Å². The van der Waals surface area contributed by atoms with Crippen molar-refractivity contribution in [1.82, 2.24) is 5.32 Å². The van der Waals surface area contributed by atoms with E-state index in [1.54, 1.807) is 6.92 Å². The summed E-state index contributed by atoms with van der Waals surface area (Å²) in [6, 6.07) is 8.20. The van der Waals surface area contributed by atoms with Gasteiger partial charge in [0.2, 0.25) is 5.91 Å². The lowest BCUT2D eigenvalue weighted by Crippen LogP contribution is -2.46. The molecule has 0 bridgehead atoms. The Morgan fingerprint density at radius 2 is 1.94 bits per heavy atom. The maximum absolute atomic E-state index is 11.6. The lowest BCUT2D eigenvalue weighted by Gasteiger charge is -2.17. The van der Waals surface area contributed by atoms with Crippen LogP contribution in [0.3, 0.4) is 0 Å². The highest BCUT2D eigenvalue weighted by molar-refractivity contribution is 5.86. The number of aliphatic carboxylic acids is 1. The molecule has 18 heavy (non-hydrogen) atoms. The minimum absolute atomic E-state index is 0.248. The van der Waals surface area contributed by atoms with Gasteiger partial charge in [-0.3, -0.25) is 4.79 Å². The van der Waals surface area contributed by atoms with Crippen LogP contribution in [0, 0.1) is 0 Å². The second-order valence-corrected chi connectivity index (χ2v) is 3.97. The minimum Gasteiger partial charge on any atom is -0.480 e. The van der Waals surface area contributed by atoms with Crippen molar-refractivity contribution in [1.29, 1.82) is 0 Å². The molecule has 0 aliphatic heterocycles. The molecule has 1 aromatic carbocycles. The SMILES string of the molecule is COC(C)C(=O)N[C@@H](Cc1ccccc1)C(=O)O. The van der Waals surface area contributed by atoms with E-state index in [2.05, 4.69) is 5.32 Å². The lowest BCUT2D eigenvalue weighted by atomic mass is 10.1. The van der Waals surface area contributed by atoms with E-state index in [4.69, 9.17) is 9.84 Å². The molecule has 0 aliphatic carbocycles. The van der Waals surface area contributed by atoms with Crippen LogP contribution in [-0.2, 0) is 20.7 Å². The van der Waals surface area contributed by atoms with Gasteiger partial charge < -0.3 is 15.2 Å². The Morgan fingerprint density at radius 1 is 1.33 bits per heavy atom. The number of carboxylic acids is 1. The highest BCUT2D eigenvalue weighted by Gasteiger charge is 2.22. The fraction of sp³-hybridized carbons (Fsp3) is 0.385. The van der Waals surface area contributed by atoms with Gasteiger partial charge in [0, 0.05) is 13.5 Å². The van der Waals surface area contributed by atoms with Crippen molar-refractivity contribution < 1.29 is 19.4 Å². The number of carbonyl (C=O) groups excluding carboxylic acids is 1. The Labute approximate surface area is 106 Å². The van der Waals surface area contributed by atoms with E-state index < -0.39 is 24.0 Å². The van der Waals surface area contributed by atoms with Gasteiger partial charge >= 0.3 is 5.97 Å². The molecule has 0 saturated carbocycles. The topological polar surface area (TPSA) is 75.6 Å². The van der Waals surface area contributed by atoms with Crippen molar-refractivity contribution in [3.05, 3.63) is 35.9 Å². The molecule has 0 fully saturated rings. The molecule has 0 radical (unpaired) electrons. The van der Waals surface area contributed by atoms with Crippen LogP contribution < -0.4 is 5.32 Å². The van der Waals surface area contributed by atoms with Crippen LogP contribution in [0.25, 0.3) is 0 Å². The zero-order valence-electron chi connectivity index (χ0n) is 10.4. The van der Waals surface area contributed by atoms with Crippen LogP contribution in [0.15, 0.2) is 30.3 Å². The summed E-state index contributed by atoms with van der Waals surface area (Å²) >= 11 is 0. The van der Waals surface area contributed by atoms with Crippen molar-refractivity contribution in [2.24, 2.45) is 0 Å². The van der Waals surface area contributed by atoms with Gasteiger partial charge in [0.15, 0.2) is 0 Å². The molecule has 98 valence electrons. The van der Waals surface area contributed by atoms with E-state index in [1.807, 2.05) is 30.3 Å². The fourth-order valence-electron chi connectivity index (χ4n) is 1.45. The monoisotopic (exact) mass is 251 g/mol. The highest BCUT2D eigenvalue weighted by Crippen LogP contribution is 2.04. The number of methoxy groups -OCH3 is 1. The predicted molar refractivity (Wildman–Crippen MR) is 66.2 cm³/mol. The Kier molecular flexibility index (Phi) is 5.32. The average Bonchev–Trinajstić information content (AvgIpc) is 2.37. The third kappa shape index (κ3) is 4.18. The van der Waals surface area contributed by atoms with Gasteiger partial charge in [0.25, 0.3) is 0 Å². The van der Waals surface area contributed by atoms with Crippen LogP contribution in [0.5, 0.6) is 0 Å². The first kappa shape index (κ1) is 14.2. The third-order valence-corrected chi connectivity index (χ3v) is 2.62. The minimum atomic E-state index is -1.06. The fourth-order valence-corrected chi connectivity index (χ4v) is 1.45. The summed E-state index contributed by atoms with van der Waals surface area (Å²) in [5.41, 5.74) is 0.857. The van der Waals surface area contributed by atoms with Crippen LogP contribution >= 0.6 is 0 Å². The predicted octanol–water partition coefficient (Wildman–Crippen LogP) is 0.833. The summed E-state index contributed by atoms with van der Waals surface area (Å²) in [5, 5.41) is 11.5. The molecular weight excluding hydrogens is 234 g/mol. The van der Waals surface area contributed by atoms with Gasteiger partial charge in [-0.1, -0.05) is 30.3 Å². The number of benzene rings is 1. The van der Waals surface area contributed by atoms with E-state index in [9.17, 15) is 9.59 Å². The largest absolute Gasteiger partial charge is 0.480 e. The zero-order chi connectivity index (χ0) is 13.5. The van der Waals surface area contributed by atoms with Crippen LogP contribution in [-0.4, -0.2) is 36.2 Å².